The lowest BCUT2D eigenvalue weighted by Gasteiger charge is -2.42. The summed E-state index contributed by atoms with van der Waals surface area (Å²) in [7, 11) is 2.24. The van der Waals surface area contributed by atoms with Gasteiger partial charge in [0.1, 0.15) is 0 Å². The summed E-state index contributed by atoms with van der Waals surface area (Å²) in [6.07, 6.45) is 4.61. The van der Waals surface area contributed by atoms with Crippen LogP contribution in [0.25, 0.3) is 0 Å². The SMILES string of the molecule is CCC1CN(CC2CC(C)CCC2O)CCN1C. The van der Waals surface area contributed by atoms with Crippen LogP contribution >= 0.6 is 0 Å². The zero-order valence-electron chi connectivity index (χ0n) is 12.3. The molecule has 0 radical (unpaired) electrons. The maximum atomic E-state index is 10.2. The maximum absolute atomic E-state index is 10.2. The number of hydrogen-bond donors (Lipinski definition) is 1. The summed E-state index contributed by atoms with van der Waals surface area (Å²) in [5, 5.41) is 10.2. The highest BCUT2D eigenvalue weighted by Gasteiger charge is 2.31. The van der Waals surface area contributed by atoms with Gasteiger partial charge in [-0.1, -0.05) is 13.8 Å². The van der Waals surface area contributed by atoms with E-state index in [9.17, 15) is 5.11 Å². The normalized spacial score (nSPS) is 40.0. The fourth-order valence-corrected chi connectivity index (χ4v) is 3.63. The lowest BCUT2D eigenvalue weighted by atomic mass is 9.80. The van der Waals surface area contributed by atoms with Crippen LogP contribution in [0.2, 0.25) is 0 Å². The molecule has 2 fully saturated rings. The largest absolute Gasteiger partial charge is 0.393 e. The van der Waals surface area contributed by atoms with E-state index in [0.717, 1.165) is 18.9 Å². The minimum atomic E-state index is -0.0547. The number of aliphatic hydroxyl groups excluding tert-OH is 1. The second-order valence-corrected chi connectivity index (χ2v) is 6.55. The number of nitrogens with zero attached hydrogens (tertiary/aromatic N) is 2. The predicted octanol–water partition coefficient (Wildman–Crippen LogP) is 1.81. The summed E-state index contributed by atoms with van der Waals surface area (Å²) in [6, 6.07) is 0.705. The molecule has 18 heavy (non-hydrogen) atoms. The van der Waals surface area contributed by atoms with Crippen molar-refractivity contribution in [3.05, 3.63) is 0 Å². The van der Waals surface area contributed by atoms with Crippen LogP contribution in [-0.4, -0.2) is 60.3 Å². The molecule has 3 nitrogen and oxygen atoms in total. The predicted molar refractivity (Wildman–Crippen MR) is 75.7 cm³/mol. The van der Waals surface area contributed by atoms with E-state index in [-0.39, 0.29) is 6.10 Å². The Hall–Kier alpha value is -0.120. The van der Waals surface area contributed by atoms with Gasteiger partial charge in [-0.05, 0) is 44.6 Å². The van der Waals surface area contributed by atoms with Gasteiger partial charge in [-0.25, -0.2) is 0 Å². The Morgan fingerprint density at radius 2 is 2.00 bits per heavy atom. The smallest absolute Gasteiger partial charge is 0.0580 e. The molecule has 0 aromatic rings. The van der Waals surface area contributed by atoms with E-state index in [0.29, 0.717) is 12.0 Å². The van der Waals surface area contributed by atoms with Crippen LogP contribution in [0, 0.1) is 11.8 Å². The quantitative estimate of drug-likeness (QED) is 0.832. The van der Waals surface area contributed by atoms with Gasteiger partial charge in [0.25, 0.3) is 0 Å². The van der Waals surface area contributed by atoms with Gasteiger partial charge in [0.05, 0.1) is 6.10 Å². The van der Waals surface area contributed by atoms with Gasteiger partial charge in [0.2, 0.25) is 0 Å². The summed E-state index contributed by atoms with van der Waals surface area (Å²) >= 11 is 0. The van der Waals surface area contributed by atoms with Gasteiger partial charge in [0.15, 0.2) is 0 Å². The lowest BCUT2D eigenvalue weighted by molar-refractivity contribution is 0.0111. The van der Waals surface area contributed by atoms with Crippen molar-refractivity contribution in [2.24, 2.45) is 11.8 Å². The molecular formula is C15H30N2O. The second-order valence-electron chi connectivity index (χ2n) is 6.55. The van der Waals surface area contributed by atoms with Crippen LogP contribution in [0.1, 0.15) is 39.5 Å². The molecule has 1 saturated heterocycles. The van der Waals surface area contributed by atoms with Gasteiger partial charge < -0.3 is 14.9 Å². The molecule has 4 atom stereocenters. The standard InChI is InChI=1S/C15H30N2O/c1-4-14-11-17(8-7-16(14)3)10-13-9-12(2)5-6-15(13)18/h12-15,18H,4-11H2,1-3H3. The van der Waals surface area contributed by atoms with Crippen LogP contribution in [0.4, 0.5) is 0 Å². The van der Waals surface area contributed by atoms with E-state index in [1.54, 1.807) is 0 Å². The van der Waals surface area contributed by atoms with Crippen LogP contribution in [-0.2, 0) is 0 Å². The Labute approximate surface area is 112 Å². The number of hydrogen-bond acceptors (Lipinski definition) is 3. The van der Waals surface area contributed by atoms with E-state index in [2.05, 4.69) is 30.7 Å². The topological polar surface area (TPSA) is 26.7 Å². The molecule has 1 aliphatic heterocycles. The summed E-state index contributed by atoms with van der Waals surface area (Å²) in [5.41, 5.74) is 0. The summed E-state index contributed by atoms with van der Waals surface area (Å²) in [6.45, 7) is 9.25. The Balaban J connectivity index is 1.85. The van der Waals surface area contributed by atoms with Crippen LogP contribution in [0.15, 0.2) is 0 Å². The molecule has 0 amide bonds. The van der Waals surface area contributed by atoms with Crippen molar-refractivity contribution >= 4 is 0 Å². The van der Waals surface area contributed by atoms with Gasteiger partial charge in [-0.2, -0.15) is 0 Å². The lowest BCUT2D eigenvalue weighted by Crippen LogP contribution is -2.53. The average Bonchev–Trinajstić information content (AvgIpc) is 2.36. The van der Waals surface area contributed by atoms with Crippen LogP contribution in [0.3, 0.4) is 0 Å². The van der Waals surface area contributed by atoms with E-state index >= 15 is 0 Å². The molecule has 2 rings (SSSR count). The van der Waals surface area contributed by atoms with Crippen molar-refractivity contribution in [1.29, 1.82) is 0 Å². The van der Waals surface area contributed by atoms with E-state index in [1.165, 1.54) is 38.9 Å². The number of piperazine rings is 1. The number of rotatable bonds is 3. The minimum absolute atomic E-state index is 0.0547. The van der Waals surface area contributed by atoms with Crippen molar-refractivity contribution in [2.75, 3.05) is 33.2 Å². The van der Waals surface area contributed by atoms with Gasteiger partial charge in [-0.15, -0.1) is 0 Å². The van der Waals surface area contributed by atoms with E-state index < -0.39 is 0 Å². The Morgan fingerprint density at radius 3 is 2.72 bits per heavy atom. The third-order valence-corrected chi connectivity index (χ3v) is 5.03. The Morgan fingerprint density at radius 1 is 1.22 bits per heavy atom. The highest BCUT2D eigenvalue weighted by molar-refractivity contribution is 4.84. The molecule has 0 aromatic carbocycles. The van der Waals surface area contributed by atoms with E-state index in [1.807, 2.05) is 0 Å². The van der Waals surface area contributed by atoms with Crippen molar-refractivity contribution in [3.63, 3.8) is 0 Å². The van der Waals surface area contributed by atoms with Gasteiger partial charge in [-0.3, -0.25) is 0 Å². The first-order chi connectivity index (χ1) is 8.60. The molecule has 106 valence electrons. The third-order valence-electron chi connectivity index (χ3n) is 5.03. The molecule has 1 heterocycles. The van der Waals surface area contributed by atoms with Crippen LogP contribution in [0.5, 0.6) is 0 Å². The fourth-order valence-electron chi connectivity index (χ4n) is 3.63. The zero-order chi connectivity index (χ0) is 13.1. The molecule has 0 aromatic heterocycles. The number of likely N-dealkylation sites (N-methyl/N-ethyl adjacent to an activating group) is 1. The molecule has 1 saturated carbocycles. The van der Waals surface area contributed by atoms with Crippen LogP contribution < -0.4 is 0 Å². The first kappa shape index (κ1) is 14.3. The summed E-state index contributed by atoms with van der Waals surface area (Å²) in [4.78, 5) is 5.07. The molecule has 1 aliphatic carbocycles. The molecular weight excluding hydrogens is 224 g/mol. The highest BCUT2D eigenvalue weighted by atomic mass is 16.3. The molecule has 0 spiro atoms. The van der Waals surface area contributed by atoms with E-state index in [4.69, 9.17) is 0 Å². The molecule has 0 bridgehead atoms. The second kappa shape index (κ2) is 6.36. The van der Waals surface area contributed by atoms with Crippen molar-refractivity contribution < 1.29 is 5.11 Å². The van der Waals surface area contributed by atoms with Gasteiger partial charge >= 0.3 is 0 Å². The first-order valence-electron chi connectivity index (χ1n) is 7.70. The maximum Gasteiger partial charge on any atom is 0.0580 e. The molecule has 2 aliphatic rings. The van der Waals surface area contributed by atoms with Crippen molar-refractivity contribution in [3.8, 4) is 0 Å². The van der Waals surface area contributed by atoms with Crippen molar-refractivity contribution in [1.82, 2.24) is 9.80 Å². The number of aliphatic hydroxyl groups is 1. The summed E-state index contributed by atoms with van der Waals surface area (Å²) < 4.78 is 0. The monoisotopic (exact) mass is 254 g/mol. The average molecular weight is 254 g/mol. The highest BCUT2D eigenvalue weighted by Crippen LogP contribution is 2.30. The third kappa shape index (κ3) is 3.46. The Kier molecular flexibility index (Phi) is 5.05. The first-order valence-corrected chi connectivity index (χ1v) is 7.70. The zero-order valence-corrected chi connectivity index (χ0v) is 12.3. The molecule has 4 unspecified atom stereocenters. The fraction of sp³-hybridized carbons (Fsp3) is 1.00. The summed E-state index contributed by atoms with van der Waals surface area (Å²) in [5.74, 6) is 1.31. The molecule has 3 heteroatoms. The Bertz CT molecular complexity index is 259. The van der Waals surface area contributed by atoms with Gasteiger partial charge in [0, 0.05) is 32.2 Å². The van der Waals surface area contributed by atoms with Crippen molar-refractivity contribution in [2.45, 2.75) is 51.7 Å². The minimum Gasteiger partial charge on any atom is -0.393 e. The molecule has 1 N–H and O–H groups in total.